The van der Waals surface area contributed by atoms with Crippen molar-refractivity contribution in [1.29, 1.82) is 0 Å². The number of rotatable bonds is 2. The molecule has 1 aliphatic rings. The van der Waals surface area contributed by atoms with Crippen LogP contribution in [0.3, 0.4) is 0 Å². The average Bonchev–Trinajstić information content (AvgIpc) is 2.87. The Morgan fingerprint density at radius 3 is 2.70 bits per heavy atom. The van der Waals surface area contributed by atoms with Crippen molar-refractivity contribution in [2.24, 2.45) is 0 Å². The molecule has 0 radical (unpaired) electrons. The zero-order valence-corrected chi connectivity index (χ0v) is 15.0. The third-order valence-electron chi connectivity index (χ3n) is 3.28. The van der Waals surface area contributed by atoms with Gasteiger partial charge in [0.1, 0.15) is 5.75 Å². The minimum absolute atomic E-state index is 0.0574. The lowest BCUT2D eigenvalue weighted by molar-refractivity contribution is 0.354. The highest BCUT2D eigenvalue weighted by Crippen LogP contribution is 2.44. The standard InChI is InChI=1S/C15H10Br2Cl2O/c16-9-5-8-3-4-20-15(8)12(6-9)14(17)11-7-10(18)1-2-13(11)19/h1-2,5-7,14H,3-4H2. The molecular formula is C15H10Br2Cl2O. The summed E-state index contributed by atoms with van der Waals surface area (Å²) in [6.07, 6.45) is 0.935. The molecular weight excluding hydrogens is 427 g/mol. The molecule has 0 N–H and O–H groups in total. The summed E-state index contributed by atoms with van der Waals surface area (Å²) in [5.41, 5.74) is 3.22. The molecule has 5 heteroatoms. The van der Waals surface area contributed by atoms with Gasteiger partial charge in [-0.05, 0) is 41.5 Å². The minimum atomic E-state index is -0.0574. The molecule has 1 aliphatic heterocycles. The largest absolute Gasteiger partial charge is 0.493 e. The summed E-state index contributed by atoms with van der Waals surface area (Å²) < 4.78 is 6.81. The number of fused-ring (bicyclic) bond motifs is 1. The van der Waals surface area contributed by atoms with Gasteiger partial charge in [0, 0.05) is 26.5 Å². The van der Waals surface area contributed by atoms with E-state index in [0.717, 1.165) is 34.4 Å². The van der Waals surface area contributed by atoms with Crippen molar-refractivity contribution in [2.45, 2.75) is 11.2 Å². The predicted molar refractivity (Wildman–Crippen MR) is 90.6 cm³/mol. The molecule has 0 saturated carbocycles. The Morgan fingerprint density at radius 2 is 1.90 bits per heavy atom. The van der Waals surface area contributed by atoms with E-state index in [4.69, 9.17) is 27.9 Å². The summed E-state index contributed by atoms with van der Waals surface area (Å²) in [7, 11) is 0. The number of alkyl halides is 1. The molecule has 1 atom stereocenters. The van der Waals surface area contributed by atoms with Gasteiger partial charge in [0.25, 0.3) is 0 Å². The van der Waals surface area contributed by atoms with Crippen LogP contribution in [0.25, 0.3) is 0 Å². The van der Waals surface area contributed by atoms with Crippen LogP contribution in [-0.4, -0.2) is 6.61 Å². The molecule has 0 fully saturated rings. The fraction of sp³-hybridized carbons (Fsp3) is 0.200. The van der Waals surface area contributed by atoms with Crippen LogP contribution in [0, 0.1) is 0 Å². The molecule has 1 unspecified atom stereocenters. The smallest absolute Gasteiger partial charge is 0.127 e. The zero-order valence-electron chi connectivity index (χ0n) is 10.3. The van der Waals surface area contributed by atoms with E-state index >= 15 is 0 Å². The highest BCUT2D eigenvalue weighted by Gasteiger charge is 2.24. The second kappa shape index (κ2) is 5.88. The van der Waals surface area contributed by atoms with Crippen molar-refractivity contribution < 1.29 is 4.74 Å². The zero-order chi connectivity index (χ0) is 14.3. The SMILES string of the molecule is Clc1ccc(Cl)c(C(Br)c2cc(Br)cc3c2OCC3)c1. The summed E-state index contributed by atoms with van der Waals surface area (Å²) in [5.74, 6) is 0.950. The van der Waals surface area contributed by atoms with Gasteiger partial charge in [0.05, 0.1) is 11.4 Å². The van der Waals surface area contributed by atoms with Gasteiger partial charge in [-0.25, -0.2) is 0 Å². The second-order valence-corrected chi connectivity index (χ2v) is 7.29. The Morgan fingerprint density at radius 1 is 1.10 bits per heavy atom. The number of halogens is 4. The van der Waals surface area contributed by atoms with Crippen LogP contribution in [0.4, 0.5) is 0 Å². The molecule has 0 aliphatic carbocycles. The first kappa shape index (κ1) is 14.7. The molecule has 0 bridgehead atoms. The molecule has 1 nitrogen and oxygen atoms in total. The molecule has 0 amide bonds. The summed E-state index contributed by atoms with van der Waals surface area (Å²) in [5, 5.41) is 1.35. The van der Waals surface area contributed by atoms with Crippen molar-refractivity contribution in [1.82, 2.24) is 0 Å². The lowest BCUT2D eigenvalue weighted by Crippen LogP contribution is -1.98. The first-order valence-electron chi connectivity index (χ1n) is 6.10. The van der Waals surface area contributed by atoms with Crippen molar-refractivity contribution in [2.75, 3.05) is 6.61 Å². The van der Waals surface area contributed by atoms with Crippen molar-refractivity contribution in [3.05, 3.63) is 61.5 Å². The van der Waals surface area contributed by atoms with E-state index in [0.29, 0.717) is 10.0 Å². The van der Waals surface area contributed by atoms with Crippen LogP contribution in [0.5, 0.6) is 5.75 Å². The Kier molecular flexibility index (Phi) is 4.32. The van der Waals surface area contributed by atoms with Crippen molar-refractivity contribution in [3.8, 4) is 5.75 Å². The van der Waals surface area contributed by atoms with Crippen molar-refractivity contribution in [3.63, 3.8) is 0 Å². The molecule has 0 spiro atoms. The van der Waals surface area contributed by atoms with E-state index in [9.17, 15) is 0 Å². The topological polar surface area (TPSA) is 9.23 Å². The van der Waals surface area contributed by atoms with Gasteiger partial charge in [-0.2, -0.15) is 0 Å². The summed E-state index contributed by atoms with van der Waals surface area (Å²) in [6.45, 7) is 0.724. The normalized spacial score (nSPS) is 14.8. The Balaban J connectivity index is 2.11. The maximum Gasteiger partial charge on any atom is 0.127 e. The minimum Gasteiger partial charge on any atom is -0.493 e. The van der Waals surface area contributed by atoms with Crippen LogP contribution in [-0.2, 0) is 6.42 Å². The van der Waals surface area contributed by atoms with Gasteiger partial charge in [-0.1, -0.05) is 55.1 Å². The summed E-state index contributed by atoms with van der Waals surface area (Å²) in [6, 6.07) is 9.64. The molecule has 20 heavy (non-hydrogen) atoms. The molecule has 104 valence electrons. The second-order valence-electron chi connectivity index (χ2n) is 4.61. The maximum atomic E-state index is 6.29. The number of hydrogen-bond acceptors (Lipinski definition) is 1. The number of ether oxygens (including phenoxy) is 1. The van der Waals surface area contributed by atoms with Crippen LogP contribution < -0.4 is 4.74 Å². The van der Waals surface area contributed by atoms with E-state index in [-0.39, 0.29) is 4.83 Å². The van der Waals surface area contributed by atoms with Gasteiger partial charge in [0.15, 0.2) is 0 Å². The summed E-state index contributed by atoms with van der Waals surface area (Å²) >= 11 is 19.6. The molecule has 2 aromatic carbocycles. The average molecular weight is 437 g/mol. The third kappa shape index (κ3) is 2.74. The third-order valence-corrected chi connectivity index (χ3v) is 5.30. The van der Waals surface area contributed by atoms with Gasteiger partial charge in [-0.3, -0.25) is 0 Å². The Bertz CT molecular complexity index is 673. The summed E-state index contributed by atoms with van der Waals surface area (Å²) in [4.78, 5) is -0.0574. The highest BCUT2D eigenvalue weighted by molar-refractivity contribution is 9.10. The van der Waals surface area contributed by atoms with Gasteiger partial charge >= 0.3 is 0 Å². The van der Waals surface area contributed by atoms with Crippen molar-refractivity contribution >= 4 is 55.1 Å². The Hall–Kier alpha value is -0.220. The predicted octanol–water partition coefficient (Wildman–Crippen LogP) is 6.18. The molecule has 2 aromatic rings. The van der Waals surface area contributed by atoms with Gasteiger partial charge < -0.3 is 4.74 Å². The quantitative estimate of drug-likeness (QED) is 0.511. The van der Waals surface area contributed by atoms with Crippen LogP contribution in [0.15, 0.2) is 34.8 Å². The number of hydrogen-bond donors (Lipinski definition) is 0. The Labute approximate surface area is 144 Å². The molecule has 3 rings (SSSR count). The first-order valence-corrected chi connectivity index (χ1v) is 8.57. The maximum absolute atomic E-state index is 6.29. The highest BCUT2D eigenvalue weighted by atomic mass is 79.9. The molecule has 0 saturated heterocycles. The number of benzene rings is 2. The first-order chi connectivity index (χ1) is 9.56. The van der Waals surface area contributed by atoms with E-state index < -0.39 is 0 Å². The van der Waals surface area contributed by atoms with E-state index in [2.05, 4.69) is 44.0 Å². The van der Waals surface area contributed by atoms with Crippen LogP contribution in [0.2, 0.25) is 10.0 Å². The lowest BCUT2D eigenvalue weighted by Gasteiger charge is -2.16. The van der Waals surface area contributed by atoms with E-state index in [1.54, 1.807) is 6.07 Å². The van der Waals surface area contributed by atoms with E-state index in [1.165, 1.54) is 5.56 Å². The van der Waals surface area contributed by atoms with E-state index in [1.807, 2.05) is 12.1 Å². The molecule has 1 heterocycles. The van der Waals surface area contributed by atoms with Crippen LogP contribution >= 0.6 is 55.1 Å². The fourth-order valence-electron chi connectivity index (χ4n) is 2.36. The fourth-order valence-corrected chi connectivity index (χ4v) is 4.14. The van der Waals surface area contributed by atoms with Gasteiger partial charge in [0.2, 0.25) is 0 Å². The lowest BCUT2D eigenvalue weighted by atomic mass is 10.0. The van der Waals surface area contributed by atoms with Crippen LogP contribution in [0.1, 0.15) is 21.5 Å². The monoisotopic (exact) mass is 434 g/mol. The van der Waals surface area contributed by atoms with Gasteiger partial charge in [-0.15, -0.1) is 0 Å². The molecule has 0 aromatic heterocycles.